The number of carboxylic acid groups (broad SMARTS) is 1. The van der Waals surface area contributed by atoms with Crippen molar-refractivity contribution in [2.24, 2.45) is 17.8 Å². The van der Waals surface area contributed by atoms with Crippen LogP contribution in [0.2, 0.25) is 0 Å². The van der Waals surface area contributed by atoms with Gasteiger partial charge in [0.05, 0.1) is 23.7 Å². The van der Waals surface area contributed by atoms with Crippen LogP contribution in [0.3, 0.4) is 0 Å². The summed E-state index contributed by atoms with van der Waals surface area (Å²) in [4.78, 5) is 21.7. The fourth-order valence-electron chi connectivity index (χ4n) is 7.94. The molecule has 234 valence electrons. The van der Waals surface area contributed by atoms with Gasteiger partial charge in [-0.25, -0.2) is 19.0 Å². The highest BCUT2D eigenvalue weighted by Gasteiger charge is 2.47. The maximum absolute atomic E-state index is 15.0. The second-order valence-corrected chi connectivity index (χ2v) is 12.5. The molecule has 2 unspecified atom stereocenters. The molecule has 0 amide bonds. The first-order valence-electron chi connectivity index (χ1n) is 15.9. The normalized spacial score (nSPS) is 20.7. The number of rotatable bonds is 8. The average Bonchev–Trinajstić information content (AvgIpc) is 3.49. The molecule has 0 aliphatic heterocycles. The van der Waals surface area contributed by atoms with Gasteiger partial charge in [0.1, 0.15) is 22.9 Å². The van der Waals surface area contributed by atoms with Crippen LogP contribution >= 0.6 is 0 Å². The van der Waals surface area contributed by atoms with E-state index in [0.717, 1.165) is 42.4 Å². The number of aromatic nitrogens is 6. The Morgan fingerprint density at radius 1 is 0.830 bits per heavy atom. The number of halogens is 1. The van der Waals surface area contributed by atoms with Crippen molar-refractivity contribution in [1.82, 2.24) is 29.9 Å². The van der Waals surface area contributed by atoms with Crippen LogP contribution in [-0.2, 0) is 10.3 Å². The summed E-state index contributed by atoms with van der Waals surface area (Å²) in [6.07, 6.45) is 6.53. The van der Waals surface area contributed by atoms with Crippen molar-refractivity contribution in [2.45, 2.75) is 37.3 Å². The number of hydrogen-bond donors (Lipinski definition) is 2. The summed E-state index contributed by atoms with van der Waals surface area (Å²) in [6, 6.07) is 31.3. The monoisotopic (exact) mass is 625 g/mol. The molecule has 0 saturated heterocycles. The Balaban J connectivity index is 1.33. The Labute approximate surface area is 270 Å². The van der Waals surface area contributed by atoms with E-state index >= 15 is 0 Å². The number of benzene rings is 3. The molecular formula is C37H32FN7O2. The van der Waals surface area contributed by atoms with Gasteiger partial charge in [-0.1, -0.05) is 91.0 Å². The third-order valence-corrected chi connectivity index (χ3v) is 9.97. The van der Waals surface area contributed by atoms with E-state index in [1.54, 1.807) is 0 Å². The largest absolute Gasteiger partial charge is 0.481 e. The number of anilines is 1. The second kappa shape index (κ2) is 11.7. The third-order valence-electron chi connectivity index (χ3n) is 9.97. The van der Waals surface area contributed by atoms with Crippen molar-refractivity contribution in [1.29, 1.82) is 0 Å². The summed E-state index contributed by atoms with van der Waals surface area (Å²) in [5.41, 5.74) is 2.54. The Bertz CT molecular complexity index is 1950. The first kappa shape index (κ1) is 28.9. The topological polar surface area (TPSA) is 119 Å². The molecule has 9 nitrogen and oxygen atoms in total. The van der Waals surface area contributed by atoms with Crippen LogP contribution < -0.4 is 5.32 Å². The van der Waals surface area contributed by atoms with Gasteiger partial charge < -0.3 is 10.4 Å². The summed E-state index contributed by atoms with van der Waals surface area (Å²) >= 11 is 0. The lowest BCUT2D eigenvalue weighted by Gasteiger charge is -2.47. The number of carboxylic acids is 1. The van der Waals surface area contributed by atoms with E-state index < -0.39 is 23.2 Å². The molecule has 3 heterocycles. The van der Waals surface area contributed by atoms with E-state index in [-0.39, 0.29) is 23.7 Å². The molecule has 3 aliphatic carbocycles. The zero-order valence-electron chi connectivity index (χ0n) is 25.4. The van der Waals surface area contributed by atoms with Crippen LogP contribution in [0.25, 0.3) is 22.6 Å². The molecule has 3 aromatic heterocycles. The molecule has 3 aliphatic rings. The van der Waals surface area contributed by atoms with E-state index in [9.17, 15) is 14.3 Å². The van der Waals surface area contributed by atoms with Crippen LogP contribution in [0.1, 0.15) is 42.4 Å². The fourth-order valence-corrected chi connectivity index (χ4v) is 7.94. The minimum atomic E-state index is -1.01. The molecule has 9 rings (SSSR count). The summed E-state index contributed by atoms with van der Waals surface area (Å²) in [7, 11) is 0. The number of fused-ring (bicyclic) bond motifs is 4. The maximum atomic E-state index is 15.0. The molecule has 0 spiro atoms. The number of nitrogens with one attached hydrogen (secondary N) is 1. The van der Waals surface area contributed by atoms with E-state index in [1.165, 1.54) is 18.5 Å². The van der Waals surface area contributed by atoms with Crippen LogP contribution in [0.15, 0.2) is 109 Å². The molecule has 3 fully saturated rings. The van der Waals surface area contributed by atoms with Crippen LogP contribution in [0, 0.1) is 23.6 Å². The molecule has 3 saturated carbocycles. The van der Waals surface area contributed by atoms with Crippen LogP contribution in [-0.4, -0.2) is 47.1 Å². The quantitative estimate of drug-likeness (QED) is 0.183. The predicted molar refractivity (Wildman–Crippen MR) is 175 cm³/mol. The minimum Gasteiger partial charge on any atom is -0.481 e. The van der Waals surface area contributed by atoms with Crippen LogP contribution in [0.4, 0.5) is 10.2 Å². The lowest BCUT2D eigenvalue weighted by atomic mass is 9.61. The zero-order chi connectivity index (χ0) is 32.0. The van der Waals surface area contributed by atoms with Crippen molar-refractivity contribution in [3.63, 3.8) is 0 Å². The van der Waals surface area contributed by atoms with Crippen molar-refractivity contribution in [2.75, 3.05) is 5.32 Å². The van der Waals surface area contributed by atoms with Gasteiger partial charge in [-0.3, -0.25) is 4.79 Å². The number of aliphatic carboxylic acids is 1. The summed E-state index contributed by atoms with van der Waals surface area (Å²) < 4.78 is 16.8. The van der Waals surface area contributed by atoms with Crippen molar-refractivity contribution < 1.29 is 14.3 Å². The average molecular weight is 626 g/mol. The Morgan fingerprint density at radius 2 is 1.40 bits per heavy atom. The van der Waals surface area contributed by atoms with Gasteiger partial charge in [0, 0.05) is 6.04 Å². The molecule has 10 heteroatoms. The van der Waals surface area contributed by atoms with E-state index in [1.807, 2.05) is 59.3 Å². The Hall–Kier alpha value is -5.51. The minimum absolute atomic E-state index is 0.139. The van der Waals surface area contributed by atoms with Gasteiger partial charge in [0.2, 0.25) is 5.82 Å². The van der Waals surface area contributed by atoms with Gasteiger partial charge in [-0.05, 0) is 60.3 Å². The molecule has 3 aromatic carbocycles. The van der Waals surface area contributed by atoms with E-state index in [2.05, 4.69) is 56.9 Å². The molecule has 2 bridgehead atoms. The standard InChI is InChI=1S/C37H32FN7O2/c38-28-20-29-33(34-42-30(22-40-43-34)41-32-24-18-16-23(17-19-24)31(32)36(46)47)44-45(35(29)39-21-28)37(25-10-4-1-5-11-25,26-12-6-2-7-13-26)27-14-8-3-9-15-27/h1-15,20-24,31-32H,16-19H2,(H,46,47)(H,41,42,43). The van der Waals surface area contributed by atoms with Crippen LogP contribution in [0.5, 0.6) is 0 Å². The SMILES string of the molecule is O=C(O)C1C2CCC(CC2)C1Nc1cnnc(-c2nn(C(c3ccccc3)(c3ccccc3)c3ccccc3)c3ncc(F)cc23)n1. The van der Waals surface area contributed by atoms with E-state index in [4.69, 9.17) is 10.1 Å². The summed E-state index contributed by atoms with van der Waals surface area (Å²) in [5, 5.41) is 27.7. The molecular weight excluding hydrogens is 593 g/mol. The highest BCUT2D eigenvalue weighted by Crippen LogP contribution is 2.47. The lowest BCUT2D eigenvalue weighted by molar-refractivity contribution is -0.148. The number of nitrogens with zero attached hydrogens (tertiary/aromatic N) is 6. The second-order valence-electron chi connectivity index (χ2n) is 12.5. The van der Waals surface area contributed by atoms with Gasteiger partial charge in [0.25, 0.3) is 0 Å². The van der Waals surface area contributed by atoms with Crippen molar-refractivity contribution in [3.05, 3.63) is 132 Å². The van der Waals surface area contributed by atoms with Gasteiger partial charge >= 0.3 is 5.97 Å². The van der Waals surface area contributed by atoms with Gasteiger partial charge in [-0.15, -0.1) is 5.10 Å². The molecule has 47 heavy (non-hydrogen) atoms. The molecule has 0 radical (unpaired) electrons. The maximum Gasteiger partial charge on any atom is 0.308 e. The van der Waals surface area contributed by atoms with Crippen molar-refractivity contribution in [3.8, 4) is 11.5 Å². The molecule has 2 N–H and O–H groups in total. The zero-order valence-corrected chi connectivity index (χ0v) is 25.4. The first-order valence-corrected chi connectivity index (χ1v) is 15.9. The van der Waals surface area contributed by atoms with Gasteiger partial charge in [-0.2, -0.15) is 10.2 Å². The molecule has 6 aromatic rings. The number of hydrogen-bond acceptors (Lipinski definition) is 7. The highest BCUT2D eigenvalue weighted by atomic mass is 19.1. The first-order chi connectivity index (χ1) is 23.0. The Kier molecular flexibility index (Phi) is 7.20. The predicted octanol–water partition coefficient (Wildman–Crippen LogP) is 6.56. The third kappa shape index (κ3) is 4.83. The molecule has 2 atom stereocenters. The summed E-state index contributed by atoms with van der Waals surface area (Å²) in [5.74, 6) is -0.839. The van der Waals surface area contributed by atoms with Crippen molar-refractivity contribution >= 4 is 22.8 Å². The smallest absolute Gasteiger partial charge is 0.308 e. The van der Waals surface area contributed by atoms with Gasteiger partial charge in [0.15, 0.2) is 5.65 Å². The van der Waals surface area contributed by atoms with E-state index in [0.29, 0.717) is 22.5 Å². The Morgan fingerprint density at radius 3 is 1.98 bits per heavy atom. The number of carbonyl (C=O) groups is 1. The number of pyridine rings is 1. The highest BCUT2D eigenvalue weighted by molar-refractivity contribution is 5.90. The summed E-state index contributed by atoms with van der Waals surface area (Å²) in [6.45, 7) is 0. The fraction of sp³-hybridized carbons (Fsp3) is 0.243. The lowest BCUT2D eigenvalue weighted by Crippen LogP contribution is -2.51.